The summed E-state index contributed by atoms with van der Waals surface area (Å²) < 4.78 is 10.8. The minimum Gasteiger partial charge on any atom is -0.353 e. The average Bonchev–Trinajstić information content (AvgIpc) is 2.25. The first-order valence-corrected chi connectivity index (χ1v) is 6.01. The molecule has 0 bridgehead atoms. The van der Waals surface area contributed by atoms with Crippen LogP contribution in [0.15, 0.2) is 0 Å². The lowest BCUT2D eigenvalue weighted by Gasteiger charge is -2.22. The Bertz CT molecular complexity index is 171. The molecule has 1 heterocycles. The molecular weight excluding hydrogens is 250 g/mol. The fourth-order valence-corrected chi connectivity index (χ4v) is 1.47. The predicted octanol–water partition coefficient (Wildman–Crippen LogP) is 1.04. The van der Waals surface area contributed by atoms with E-state index in [-0.39, 0.29) is 12.2 Å². The van der Waals surface area contributed by atoms with Gasteiger partial charge in [0.2, 0.25) is 5.91 Å². The fourth-order valence-electron chi connectivity index (χ4n) is 1.27. The van der Waals surface area contributed by atoms with Crippen molar-refractivity contribution in [3.63, 3.8) is 0 Å². The van der Waals surface area contributed by atoms with Crippen LogP contribution in [-0.4, -0.2) is 37.3 Å². The number of carbonyl (C=O) groups excluding carboxylic acids is 1. The van der Waals surface area contributed by atoms with Crippen LogP contribution in [-0.2, 0) is 14.3 Å². The molecule has 5 heteroatoms. The smallest absolute Gasteiger partial charge is 0.230 e. The average molecular weight is 266 g/mol. The third kappa shape index (κ3) is 4.93. The zero-order chi connectivity index (χ0) is 10.2. The maximum Gasteiger partial charge on any atom is 0.230 e. The molecule has 0 aromatic carbocycles. The van der Waals surface area contributed by atoms with E-state index in [0.29, 0.717) is 18.5 Å². The number of halogens is 1. The molecule has 1 saturated heterocycles. The number of hydrogen-bond donors (Lipinski definition) is 1. The molecule has 0 aromatic rings. The molecule has 0 saturated carbocycles. The van der Waals surface area contributed by atoms with Crippen molar-refractivity contribution in [2.75, 3.05) is 25.1 Å². The molecule has 1 aliphatic heterocycles. The van der Waals surface area contributed by atoms with Crippen molar-refractivity contribution in [1.29, 1.82) is 0 Å². The number of alkyl halides is 1. The second-order valence-electron chi connectivity index (χ2n) is 3.15. The molecule has 0 aromatic heterocycles. The van der Waals surface area contributed by atoms with Crippen LogP contribution in [0.25, 0.3) is 0 Å². The largest absolute Gasteiger partial charge is 0.353 e. The number of amides is 1. The summed E-state index contributed by atoms with van der Waals surface area (Å²) in [7, 11) is 0. The van der Waals surface area contributed by atoms with Crippen LogP contribution in [0.2, 0.25) is 0 Å². The minimum absolute atomic E-state index is 0.0156. The summed E-state index contributed by atoms with van der Waals surface area (Å²) in [6.07, 6.45) is 3.19. The Morgan fingerprint density at radius 1 is 1.57 bits per heavy atom. The number of carbonyl (C=O) groups is 1. The van der Waals surface area contributed by atoms with Crippen LogP contribution in [0.5, 0.6) is 0 Å². The zero-order valence-corrected chi connectivity index (χ0v) is 9.72. The van der Waals surface area contributed by atoms with Gasteiger partial charge in [-0.05, 0) is 19.3 Å². The molecule has 1 unspecified atom stereocenters. The molecule has 1 atom stereocenters. The summed E-state index contributed by atoms with van der Waals surface area (Å²) >= 11 is 3.07. The standard InChI is InChI=1S/C9H16BrNO3/c10-7-8(12)11-4-6-14-9-3-1-2-5-13-9/h9H,1-7H2,(H,11,12). The lowest BCUT2D eigenvalue weighted by atomic mass is 10.2. The summed E-state index contributed by atoms with van der Waals surface area (Å²) in [6, 6.07) is 0. The van der Waals surface area contributed by atoms with Crippen LogP contribution in [0.4, 0.5) is 0 Å². The molecule has 0 radical (unpaired) electrons. The number of hydrogen-bond acceptors (Lipinski definition) is 3. The van der Waals surface area contributed by atoms with Gasteiger partial charge in [0, 0.05) is 13.2 Å². The summed E-state index contributed by atoms with van der Waals surface area (Å²) in [5.41, 5.74) is 0. The van der Waals surface area contributed by atoms with Crippen molar-refractivity contribution in [3.8, 4) is 0 Å². The quantitative estimate of drug-likeness (QED) is 0.597. The Morgan fingerprint density at radius 2 is 2.43 bits per heavy atom. The molecule has 1 N–H and O–H groups in total. The highest BCUT2D eigenvalue weighted by molar-refractivity contribution is 9.09. The van der Waals surface area contributed by atoms with E-state index in [1.807, 2.05) is 0 Å². The van der Waals surface area contributed by atoms with E-state index in [9.17, 15) is 4.79 Å². The monoisotopic (exact) mass is 265 g/mol. The zero-order valence-electron chi connectivity index (χ0n) is 8.13. The van der Waals surface area contributed by atoms with Crippen molar-refractivity contribution < 1.29 is 14.3 Å². The predicted molar refractivity (Wildman–Crippen MR) is 56.3 cm³/mol. The highest BCUT2D eigenvalue weighted by Crippen LogP contribution is 2.12. The van der Waals surface area contributed by atoms with Gasteiger partial charge in [0.15, 0.2) is 6.29 Å². The van der Waals surface area contributed by atoms with Gasteiger partial charge in [0.1, 0.15) is 0 Å². The van der Waals surface area contributed by atoms with Crippen LogP contribution in [0.3, 0.4) is 0 Å². The van der Waals surface area contributed by atoms with Crippen molar-refractivity contribution in [1.82, 2.24) is 5.32 Å². The second kappa shape index (κ2) is 7.20. The molecule has 1 amide bonds. The Kier molecular flexibility index (Phi) is 6.14. The third-order valence-electron chi connectivity index (χ3n) is 1.99. The van der Waals surface area contributed by atoms with E-state index in [1.54, 1.807) is 0 Å². The van der Waals surface area contributed by atoms with Crippen LogP contribution >= 0.6 is 15.9 Å². The number of nitrogens with one attached hydrogen (secondary N) is 1. The van der Waals surface area contributed by atoms with Crippen molar-refractivity contribution in [2.24, 2.45) is 0 Å². The molecule has 1 rings (SSSR count). The van der Waals surface area contributed by atoms with E-state index >= 15 is 0 Å². The van der Waals surface area contributed by atoms with Gasteiger partial charge in [0.25, 0.3) is 0 Å². The Balaban J connectivity index is 1.94. The number of ether oxygens (including phenoxy) is 2. The first kappa shape index (κ1) is 11.9. The van der Waals surface area contributed by atoms with E-state index in [1.165, 1.54) is 6.42 Å². The first-order valence-electron chi connectivity index (χ1n) is 4.89. The highest BCUT2D eigenvalue weighted by Gasteiger charge is 2.13. The van der Waals surface area contributed by atoms with E-state index in [4.69, 9.17) is 9.47 Å². The topological polar surface area (TPSA) is 47.6 Å². The molecule has 14 heavy (non-hydrogen) atoms. The summed E-state index contributed by atoms with van der Waals surface area (Å²) in [5, 5.41) is 3.05. The van der Waals surface area contributed by atoms with E-state index in [2.05, 4.69) is 21.2 Å². The molecule has 1 fully saturated rings. The van der Waals surface area contributed by atoms with Crippen molar-refractivity contribution >= 4 is 21.8 Å². The molecule has 1 aliphatic rings. The third-order valence-corrected chi connectivity index (χ3v) is 2.50. The van der Waals surface area contributed by atoms with Crippen molar-refractivity contribution in [3.05, 3.63) is 0 Å². The molecular formula is C9H16BrNO3. The normalized spacial score (nSPS) is 21.9. The minimum atomic E-state index is -0.0652. The molecule has 0 spiro atoms. The maximum atomic E-state index is 10.8. The lowest BCUT2D eigenvalue weighted by Crippen LogP contribution is -2.31. The van der Waals surface area contributed by atoms with Crippen molar-refractivity contribution in [2.45, 2.75) is 25.6 Å². The fraction of sp³-hybridized carbons (Fsp3) is 0.889. The number of rotatable bonds is 5. The summed E-state index contributed by atoms with van der Waals surface area (Å²) in [4.78, 5) is 10.8. The Morgan fingerprint density at radius 3 is 3.07 bits per heavy atom. The van der Waals surface area contributed by atoms with Gasteiger partial charge in [-0.3, -0.25) is 4.79 Å². The summed E-state index contributed by atoms with van der Waals surface area (Å²) in [6.45, 7) is 1.85. The Labute approximate surface area is 92.5 Å². The molecule has 4 nitrogen and oxygen atoms in total. The first-order chi connectivity index (χ1) is 6.83. The van der Waals surface area contributed by atoms with Gasteiger partial charge in [-0.1, -0.05) is 15.9 Å². The van der Waals surface area contributed by atoms with Gasteiger partial charge in [-0.25, -0.2) is 0 Å². The van der Waals surface area contributed by atoms with E-state index < -0.39 is 0 Å². The lowest BCUT2D eigenvalue weighted by molar-refractivity contribution is -0.161. The van der Waals surface area contributed by atoms with Crippen LogP contribution in [0.1, 0.15) is 19.3 Å². The summed E-state index contributed by atoms with van der Waals surface area (Å²) in [5.74, 6) is -0.0156. The van der Waals surface area contributed by atoms with Gasteiger partial charge in [0.05, 0.1) is 11.9 Å². The van der Waals surface area contributed by atoms with Gasteiger partial charge in [-0.15, -0.1) is 0 Å². The van der Waals surface area contributed by atoms with Gasteiger partial charge >= 0.3 is 0 Å². The highest BCUT2D eigenvalue weighted by atomic mass is 79.9. The Hall–Kier alpha value is -0.130. The van der Waals surface area contributed by atoms with Gasteiger partial charge in [-0.2, -0.15) is 0 Å². The SMILES string of the molecule is O=C(CBr)NCCOC1CCCCO1. The molecule has 0 aliphatic carbocycles. The van der Waals surface area contributed by atoms with Crippen LogP contribution < -0.4 is 5.32 Å². The van der Waals surface area contributed by atoms with E-state index in [0.717, 1.165) is 19.4 Å². The maximum absolute atomic E-state index is 10.8. The second-order valence-corrected chi connectivity index (χ2v) is 3.71. The molecule has 82 valence electrons. The van der Waals surface area contributed by atoms with Crippen LogP contribution in [0, 0.1) is 0 Å². The van der Waals surface area contributed by atoms with Gasteiger partial charge < -0.3 is 14.8 Å².